The molecule has 1 saturated carbocycles. The third-order valence-electron chi connectivity index (χ3n) is 9.63. The molecule has 0 aromatic heterocycles. The van der Waals surface area contributed by atoms with Gasteiger partial charge in [0.05, 0.1) is 12.0 Å². The summed E-state index contributed by atoms with van der Waals surface area (Å²) >= 11 is 6.20. The highest BCUT2D eigenvalue weighted by Gasteiger charge is 2.40. The van der Waals surface area contributed by atoms with Gasteiger partial charge in [0, 0.05) is 55.9 Å². The molecule has 0 bridgehead atoms. The van der Waals surface area contributed by atoms with Crippen molar-refractivity contribution in [2.45, 2.75) is 73.9 Å². The molecule has 2 heterocycles. The van der Waals surface area contributed by atoms with Crippen LogP contribution in [0.4, 0.5) is 4.79 Å². The summed E-state index contributed by atoms with van der Waals surface area (Å²) in [6.45, 7) is 2.82. The lowest BCUT2D eigenvalue weighted by Gasteiger charge is -2.37. The van der Waals surface area contributed by atoms with Crippen molar-refractivity contribution in [2.75, 3.05) is 40.0 Å². The number of hydrogen-bond acceptors (Lipinski definition) is 7. The quantitative estimate of drug-likeness (QED) is 0.328. The monoisotopic (exact) mass is 660 g/mol. The van der Waals surface area contributed by atoms with E-state index in [0.717, 1.165) is 44.1 Å². The number of methoxy groups -OCH3 is 1. The maximum atomic E-state index is 14.1. The predicted octanol–water partition coefficient (Wildman–Crippen LogP) is 4.30. The molecule has 1 aliphatic carbocycles. The number of ether oxygens (including phenoxy) is 2. The molecule has 2 unspecified atom stereocenters. The Bertz CT molecular complexity index is 1370. The number of benzene rings is 2. The van der Waals surface area contributed by atoms with Crippen molar-refractivity contribution in [3.05, 3.63) is 65.2 Å². The van der Waals surface area contributed by atoms with Crippen molar-refractivity contribution in [1.82, 2.24) is 20.3 Å². The van der Waals surface area contributed by atoms with Crippen molar-refractivity contribution in [1.29, 1.82) is 0 Å². The maximum Gasteiger partial charge on any atom is 0.407 e. The van der Waals surface area contributed by atoms with Gasteiger partial charge in [-0.05, 0) is 80.2 Å². The zero-order chi connectivity index (χ0) is 31.8. The summed E-state index contributed by atoms with van der Waals surface area (Å²) in [6, 6.07) is 15.0. The van der Waals surface area contributed by atoms with E-state index in [0.29, 0.717) is 49.2 Å². The highest BCUT2D eigenvalue weighted by molar-refractivity contribution is 7.89. The number of hydrogen-bond donors (Lipinski definition) is 3. The van der Waals surface area contributed by atoms with Gasteiger partial charge in [0.15, 0.2) is 0 Å². The number of piperazine rings is 1. The van der Waals surface area contributed by atoms with Gasteiger partial charge in [0.2, 0.25) is 15.9 Å². The second-order valence-corrected chi connectivity index (χ2v) is 14.6. The topological polar surface area (TPSA) is 126 Å². The molecule has 45 heavy (non-hydrogen) atoms. The fourth-order valence-corrected chi connectivity index (χ4v) is 9.09. The van der Waals surface area contributed by atoms with Crippen LogP contribution in [-0.4, -0.2) is 82.8 Å². The molecule has 2 amide bonds. The number of alkyl carbamates (subject to hydrolysis) is 1. The first kappa shape index (κ1) is 33.7. The Balaban J connectivity index is 1.30. The van der Waals surface area contributed by atoms with Gasteiger partial charge < -0.3 is 25.4 Å². The van der Waals surface area contributed by atoms with Gasteiger partial charge in [-0.3, -0.25) is 4.79 Å². The molecule has 5 atom stereocenters. The van der Waals surface area contributed by atoms with Crippen molar-refractivity contribution in [3.63, 3.8) is 0 Å². The van der Waals surface area contributed by atoms with Gasteiger partial charge >= 0.3 is 6.09 Å². The molecular formula is C33H45ClN4O6S. The Morgan fingerprint density at radius 3 is 2.49 bits per heavy atom. The molecule has 5 rings (SSSR count). The molecule has 2 saturated heterocycles. The molecule has 0 spiro atoms. The summed E-state index contributed by atoms with van der Waals surface area (Å²) in [5, 5.41) is 10.1. The first-order chi connectivity index (χ1) is 21.8. The van der Waals surface area contributed by atoms with Gasteiger partial charge in [-0.1, -0.05) is 48.4 Å². The van der Waals surface area contributed by atoms with Crippen LogP contribution >= 0.6 is 11.6 Å². The van der Waals surface area contributed by atoms with E-state index in [2.05, 4.69) is 16.0 Å². The van der Waals surface area contributed by atoms with Gasteiger partial charge in [0.25, 0.3) is 0 Å². The molecule has 3 aliphatic rings. The molecule has 246 valence electrons. The highest BCUT2D eigenvalue weighted by Crippen LogP contribution is 2.37. The third-order valence-corrected chi connectivity index (χ3v) is 11.9. The van der Waals surface area contributed by atoms with Gasteiger partial charge in [-0.25, -0.2) is 13.2 Å². The van der Waals surface area contributed by atoms with Crippen LogP contribution in [0.3, 0.4) is 0 Å². The lowest BCUT2D eigenvalue weighted by atomic mass is 9.76. The van der Waals surface area contributed by atoms with Crippen LogP contribution in [0.1, 0.15) is 56.4 Å². The highest BCUT2D eigenvalue weighted by atomic mass is 35.5. The average molecular weight is 661 g/mol. The van der Waals surface area contributed by atoms with Crippen LogP contribution in [0.25, 0.3) is 0 Å². The van der Waals surface area contributed by atoms with Crippen molar-refractivity contribution >= 4 is 33.6 Å². The van der Waals surface area contributed by atoms with E-state index in [1.807, 2.05) is 30.3 Å². The molecule has 2 aromatic rings. The standard InChI is InChI=1S/C33H45ClN4O6S/c1-43-33(40)37-31(30(25-16-20-44-21-17-25)24-10-13-26(34)14-11-24)32(39)36-29-9-5-6-23(29)12-15-27-22-35-18-19-38(27)45(41,42)28-7-3-2-4-8-28/h2-4,7-8,10-11,13-14,23,25,27,29-31,35H,5-6,9,12,15-22H2,1H3,(H,36,39)(H,37,40)/t23?,27-,29?,30-,31-/m0/s1. The molecule has 12 heteroatoms. The number of carbonyl (C=O) groups is 2. The summed E-state index contributed by atoms with van der Waals surface area (Å²) in [7, 11) is -2.31. The normalized spacial score (nSPS) is 24.4. The molecule has 3 N–H and O–H groups in total. The number of sulfonamides is 1. The fourth-order valence-electron chi connectivity index (χ4n) is 7.29. The molecule has 10 nitrogen and oxygen atoms in total. The van der Waals surface area contributed by atoms with Gasteiger partial charge in [-0.2, -0.15) is 4.31 Å². The minimum absolute atomic E-state index is 0.0734. The number of amides is 2. The van der Waals surface area contributed by atoms with Gasteiger partial charge in [0.1, 0.15) is 6.04 Å². The lowest BCUT2D eigenvalue weighted by molar-refractivity contribution is -0.125. The number of nitrogens with one attached hydrogen (secondary N) is 3. The van der Waals surface area contributed by atoms with E-state index in [1.165, 1.54) is 7.11 Å². The maximum absolute atomic E-state index is 14.1. The van der Waals surface area contributed by atoms with E-state index in [-0.39, 0.29) is 35.7 Å². The number of halogens is 1. The Morgan fingerprint density at radius 2 is 1.78 bits per heavy atom. The van der Waals surface area contributed by atoms with Crippen LogP contribution in [0.15, 0.2) is 59.5 Å². The Morgan fingerprint density at radius 1 is 1.04 bits per heavy atom. The first-order valence-electron chi connectivity index (χ1n) is 16.0. The molecule has 3 fully saturated rings. The zero-order valence-corrected chi connectivity index (χ0v) is 27.4. The number of carbonyl (C=O) groups excluding carboxylic acids is 2. The van der Waals surface area contributed by atoms with Crippen LogP contribution in [0.2, 0.25) is 5.02 Å². The van der Waals surface area contributed by atoms with Crippen LogP contribution < -0.4 is 16.0 Å². The SMILES string of the molecule is COC(=O)N[C@H](C(=O)NC1CCCC1CC[C@H]1CNCCN1S(=O)(=O)c1ccccc1)[C@@H](c1ccc(Cl)cc1)C1CCOCC1. The van der Waals surface area contributed by atoms with Crippen LogP contribution in [0.5, 0.6) is 0 Å². The third kappa shape index (κ3) is 8.37. The summed E-state index contributed by atoms with van der Waals surface area (Å²) in [6.07, 6.45) is 5.11. The smallest absolute Gasteiger partial charge is 0.407 e. The molecule has 2 aromatic carbocycles. The van der Waals surface area contributed by atoms with Crippen LogP contribution in [0, 0.1) is 11.8 Å². The Hall–Kier alpha value is -2.70. The predicted molar refractivity (Wildman–Crippen MR) is 173 cm³/mol. The second kappa shape index (κ2) is 15.7. The van der Waals surface area contributed by atoms with Crippen molar-refractivity contribution in [2.24, 2.45) is 11.8 Å². The first-order valence-corrected chi connectivity index (χ1v) is 17.9. The van der Waals surface area contributed by atoms with E-state index < -0.39 is 22.2 Å². The lowest BCUT2D eigenvalue weighted by Crippen LogP contribution is -2.55. The van der Waals surface area contributed by atoms with Crippen molar-refractivity contribution < 1.29 is 27.5 Å². The van der Waals surface area contributed by atoms with E-state index >= 15 is 0 Å². The minimum atomic E-state index is -3.61. The van der Waals surface area contributed by atoms with Crippen LogP contribution in [-0.2, 0) is 24.3 Å². The minimum Gasteiger partial charge on any atom is -0.453 e. The molecule has 2 aliphatic heterocycles. The summed E-state index contributed by atoms with van der Waals surface area (Å²) in [4.78, 5) is 27.0. The largest absolute Gasteiger partial charge is 0.453 e. The van der Waals surface area contributed by atoms with Gasteiger partial charge in [-0.15, -0.1) is 0 Å². The number of rotatable bonds is 11. The Kier molecular flexibility index (Phi) is 11.8. The van der Waals surface area contributed by atoms with Crippen molar-refractivity contribution in [3.8, 4) is 0 Å². The van der Waals surface area contributed by atoms with E-state index in [4.69, 9.17) is 21.1 Å². The van der Waals surface area contributed by atoms with E-state index in [9.17, 15) is 18.0 Å². The summed E-state index contributed by atoms with van der Waals surface area (Å²) in [5.74, 6) is -0.219. The average Bonchev–Trinajstić information content (AvgIpc) is 3.51. The second-order valence-electron chi connectivity index (χ2n) is 12.3. The molecule has 0 radical (unpaired) electrons. The van der Waals surface area contributed by atoms with E-state index in [1.54, 1.807) is 28.6 Å². The fraction of sp³-hybridized carbons (Fsp3) is 0.576. The number of nitrogens with zero attached hydrogens (tertiary/aromatic N) is 1. The molecular weight excluding hydrogens is 616 g/mol. The summed E-state index contributed by atoms with van der Waals surface area (Å²) in [5.41, 5.74) is 0.926. The Labute approximate surface area is 271 Å². The summed E-state index contributed by atoms with van der Waals surface area (Å²) < 4.78 is 39.2. The zero-order valence-electron chi connectivity index (χ0n) is 25.8.